The summed E-state index contributed by atoms with van der Waals surface area (Å²) in [5, 5.41) is 47.5. The van der Waals surface area contributed by atoms with Crippen molar-refractivity contribution in [1.82, 2.24) is 0 Å². The van der Waals surface area contributed by atoms with Crippen molar-refractivity contribution in [2.45, 2.75) is 99.4 Å². The van der Waals surface area contributed by atoms with E-state index in [2.05, 4.69) is 0 Å². The van der Waals surface area contributed by atoms with Crippen LogP contribution in [0.4, 0.5) is 4.70 Å². The smallest absolute Gasteiger partial charge is 0.547 e. The van der Waals surface area contributed by atoms with Gasteiger partial charge < -0.3 is 54.0 Å². The Morgan fingerprint density at radius 1 is 0.595 bits per heavy atom. The third-order valence-electron chi connectivity index (χ3n) is 11.3. The van der Waals surface area contributed by atoms with Gasteiger partial charge in [0, 0.05) is 14.3 Å². The molecule has 0 aromatic heterocycles. The second-order valence-corrected chi connectivity index (χ2v) is 17.5. The van der Waals surface area contributed by atoms with Crippen LogP contribution in [0.15, 0.2) is 139 Å². The van der Waals surface area contributed by atoms with Gasteiger partial charge in [0.15, 0.2) is 6.29 Å². The molecular formula is C59H66FNaO13. The summed E-state index contributed by atoms with van der Waals surface area (Å²) in [4.78, 5) is 32.9. The molecule has 0 aliphatic carbocycles. The first-order valence-corrected chi connectivity index (χ1v) is 23.6. The summed E-state index contributed by atoms with van der Waals surface area (Å²) < 4.78 is 28.8. The van der Waals surface area contributed by atoms with E-state index in [-0.39, 0.29) is 47.9 Å². The SMILES string of the molecule is Cc1cc(/C=C(/O)C(=O)O)cc(C)c1OCc1ccccc1.Cc1cc(/C=C(\OC2CCCCO2)C(=O)O)cc(C)c1OCc1ccccc1.Cc1cc(CC(O)C(=O)[O-])cc(C)c1OCc1ccccc1.F.[HH].[Na+]. The standard InChI is InChI=1S/C23H26O5.C18H20O4.C18H18O4.FH.Na.H2/c1-16-12-19(14-20(23(24)25)28-21-10-6-7-11-26-21)13-17(2)22(16)27-15-18-8-4-3-5-9-18;2*1-12-8-15(10-16(19)18(20)21)9-13(2)17(12)22-11-14-6-4-3-5-7-14;;;/h3-5,8-9,12-14,21H,6-7,10-11,15H2,1-2H3,(H,24,25);3-9,16,19H,10-11H2,1-2H3,(H,20,21);3-10,19H,11H2,1-2H3,(H,20,21);1H;;1H/q;;;;+1;/p-1/b20-14-;;16-10+;;;. The van der Waals surface area contributed by atoms with Gasteiger partial charge in [-0.1, -0.05) is 103 Å². The van der Waals surface area contributed by atoms with E-state index < -0.39 is 36.1 Å². The van der Waals surface area contributed by atoms with E-state index >= 15 is 0 Å². The molecule has 6 aromatic carbocycles. The monoisotopic (exact) mass is 1020 g/mol. The third kappa shape index (κ3) is 19.8. The molecule has 388 valence electrons. The van der Waals surface area contributed by atoms with Crippen LogP contribution in [0.5, 0.6) is 17.2 Å². The Labute approximate surface area is 455 Å². The number of carbonyl (C=O) groups is 3. The molecule has 1 fully saturated rings. The van der Waals surface area contributed by atoms with Gasteiger partial charge in [-0.15, -0.1) is 0 Å². The van der Waals surface area contributed by atoms with Crippen molar-refractivity contribution in [3.63, 3.8) is 0 Å². The molecule has 1 aliphatic rings. The zero-order chi connectivity index (χ0) is 52.2. The van der Waals surface area contributed by atoms with E-state index in [9.17, 15) is 34.8 Å². The van der Waals surface area contributed by atoms with Crippen LogP contribution in [0.1, 0.15) is 87.5 Å². The van der Waals surface area contributed by atoms with Crippen molar-refractivity contribution in [2.75, 3.05) is 6.61 Å². The van der Waals surface area contributed by atoms with Crippen molar-refractivity contribution < 1.29 is 99.3 Å². The molecule has 13 nitrogen and oxygen atoms in total. The molecule has 0 radical (unpaired) electrons. The van der Waals surface area contributed by atoms with Crippen LogP contribution in [-0.4, -0.2) is 57.3 Å². The number of carbonyl (C=O) groups excluding carboxylic acids is 1. The number of hydrogen-bond acceptors (Lipinski definition) is 11. The molecule has 0 spiro atoms. The fraction of sp³-hybridized carbons (Fsp3) is 0.271. The Morgan fingerprint density at radius 3 is 1.31 bits per heavy atom. The van der Waals surface area contributed by atoms with Gasteiger partial charge >= 0.3 is 41.5 Å². The summed E-state index contributed by atoms with van der Waals surface area (Å²) in [5.74, 6) is -2.32. The maximum absolute atomic E-state index is 11.6. The van der Waals surface area contributed by atoms with Crippen LogP contribution in [-0.2, 0) is 50.1 Å². The van der Waals surface area contributed by atoms with E-state index in [1.165, 1.54) is 6.08 Å². The molecule has 1 saturated heterocycles. The summed E-state index contributed by atoms with van der Waals surface area (Å²) in [5.41, 5.74) is 10.9. The number of aliphatic hydroxyl groups excluding tert-OH is 2. The van der Waals surface area contributed by atoms with Gasteiger partial charge in [-0.3, -0.25) is 4.70 Å². The number of hydrogen-bond donors (Lipinski definition) is 4. The van der Waals surface area contributed by atoms with Crippen molar-refractivity contribution in [1.29, 1.82) is 0 Å². The Hall–Kier alpha value is -6.94. The van der Waals surface area contributed by atoms with Crippen LogP contribution in [0.3, 0.4) is 0 Å². The number of halogens is 1. The van der Waals surface area contributed by atoms with Crippen molar-refractivity contribution in [3.8, 4) is 17.2 Å². The first-order valence-electron chi connectivity index (χ1n) is 23.6. The Morgan fingerprint density at radius 2 is 0.973 bits per heavy atom. The summed E-state index contributed by atoms with van der Waals surface area (Å²) >= 11 is 0. The van der Waals surface area contributed by atoms with Gasteiger partial charge in [-0.25, -0.2) is 9.59 Å². The molecule has 1 aliphatic heterocycles. The number of aryl methyl sites for hydroxylation is 6. The first kappa shape index (κ1) is 61.4. The number of aliphatic carboxylic acids is 3. The summed E-state index contributed by atoms with van der Waals surface area (Å²) in [6.45, 7) is 13.5. The van der Waals surface area contributed by atoms with Crippen molar-refractivity contribution in [3.05, 3.63) is 206 Å². The molecule has 0 bridgehead atoms. The van der Waals surface area contributed by atoms with Gasteiger partial charge in [0.05, 0.1) is 18.7 Å². The summed E-state index contributed by atoms with van der Waals surface area (Å²) in [6.07, 6.45) is 3.47. The molecule has 6 aromatic rings. The quantitative estimate of drug-likeness (QED) is 0.0372. The van der Waals surface area contributed by atoms with E-state index in [0.29, 0.717) is 38.4 Å². The average Bonchev–Trinajstić information content (AvgIpc) is 3.34. The minimum Gasteiger partial charge on any atom is -0.547 e. The Balaban J connectivity index is 0.000000382. The van der Waals surface area contributed by atoms with Crippen LogP contribution >= 0.6 is 0 Å². The molecule has 2 unspecified atom stereocenters. The maximum Gasteiger partial charge on any atom is 1.00 e. The predicted molar refractivity (Wildman–Crippen MR) is 278 cm³/mol. The van der Waals surface area contributed by atoms with Gasteiger partial charge in [-0.05, 0) is 158 Å². The van der Waals surface area contributed by atoms with E-state index in [0.717, 1.165) is 91.3 Å². The van der Waals surface area contributed by atoms with Crippen LogP contribution in [0.2, 0.25) is 0 Å². The Kier molecular flexibility index (Phi) is 25.7. The molecule has 0 amide bonds. The molecule has 15 heteroatoms. The average molecular weight is 1030 g/mol. The predicted octanol–water partition coefficient (Wildman–Crippen LogP) is 7.66. The molecule has 74 heavy (non-hydrogen) atoms. The first-order chi connectivity index (χ1) is 34.5. The number of ether oxygens (including phenoxy) is 5. The molecule has 4 N–H and O–H groups in total. The topological polar surface area (TPSA) is 201 Å². The molecule has 1 heterocycles. The fourth-order valence-corrected chi connectivity index (χ4v) is 7.93. The van der Waals surface area contributed by atoms with E-state index in [1.54, 1.807) is 18.2 Å². The number of carboxylic acid groups (broad SMARTS) is 3. The fourth-order valence-electron chi connectivity index (χ4n) is 7.93. The normalized spacial score (nSPS) is 13.4. The Bertz CT molecular complexity index is 2750. The maximum atomic E-state index is 11.6. The molecule has 7 rings (SSSR count). The summed E-state index contributed by atoms with van der Waals surface area (Å²) in [7, 11) is 0. The van der Waals surface area contributed by atoms with Gasteiger partial charge in [0.1, 0.15) is 37.1 Å². The molecular weight excluding hydrogens is 959 g/mol. The van der Waals surface area contributed by atoms with Crippen LogP contribution in [0, 0.1) is 41.5 Å². The minimum atomic E-state index is -1.49. The van der Waals surface area contributed by atoms with Crippen molar-refractivity contribution >= 4 is 30.1 Å². The zero-order valence-electron chi connectivity index (χ0n) is 43.0. The zero-order valence-corrected chi connectivity index (χ0v) is 45.0. The van der Waals surface area contributed by atoms with Gasteiger partial charge in [-0.2, -0.15) is 0 Å². The van der Waals surface area contributed by atoms with Crippen molar-refractivity contribution in [2.24, 2.45) is 0 Å². The summed E-state index contributed by atoms with van der Waals surface area (Å²) in [6, 6.07) is 40.7. The van der Waals surface area contributed by atoms with E-state index in [4.69, 9.17) is 28.8 Å². The number of benzene rings is 6. The molecule has 0 saturated carbocycles. The van der Waals surface area contributed by atoms with Gasteiger partial charge in [0.25, 0.3) is 0 Å². The minimum absolute atomic E-state index is 0. The second-order valence-electron chi connectivity index (χ2n) is 17.5. The van der Waals surface area contributed by atoms with Gasteiger partial charge in [0.2, 0.25) is 11.5 Å². The number of carboxylic acids is 3. The largest absolute Gasteiger partial charge is 1.00 e. The molecule has 2 atom stereocenters. The third-order valence-corrected chi connectivity index (χ3v) is 11.3. The van der Waals surface area contributed by atoms with E-state index in [1.807, 2.05) is 157 Å². The second kappa shape index (κ2) is 30.9. The number of rotatable bonds is 18. The van der Waals surface area contributed by atoms with Crippen LogP contribution in [0.25, 0.3) is 12.2 Å². The van der Waals surface area contributed by atoms with Crippen LogP contribution < -0.4 is 48.9 Å². The number of aliphatic hydroxyl groups is 2.